The number of hydrogen-bond acceptors (Lipinski definition) is 1. The molecule has 0 aromatic heterocycles. The lowest BCUT2D eigenvalue weighted by Gasteiger charge is -2.36. The van der Waals surface area contributed by atoms with Crippen molar-refractivity contribution in [3.05, 3.63) is 270 Å². The van der Waals surface area contributed by atoms with E-state index in [9.17, 15) is 0 Å². The van der Waals surface area contributed by atoms with Crippen LogP contribution in [0.1, 0.15) is 45.7 Å². The third-order valence-corrected chi connectivity index (χ3v) is 13.3. The van der Waals surface area contributed by atoms with Crippen LogP contribution in [0.2, 0.25) is 0 Å². The van der Waals surface area contributed by atoms with Crippen molar-refractivity contribution in [2.45, 2.75) is 17.8 Å². The van der Waals surface area contributed by atoms with Crippen LogP contribution in [0.4, 0.5) is 11.4 Å². The highest BCUT2D eigenvalue weighted by Crippen LogP contribution is 2.63. The van der Waals surface area contributed by atoms with Gasteiger partial charge in [-0.15, -0.1) is 0 Å². The molecule has 12 rings (SSSR count). The summed E-state index contributed by atoms with van der Waals surface area (Å²) >= 11 is 0. The maximum absolute atomic E-state index is 2.61. The molecule has 0 saturated carbocycles. The highest BCUT2D eigenvalue weighted by atomic mass is 15.2. The molecule has 3 aliphatic rings. The van der Waals surface area contributed by atoms with Gasteiger partial charge in [0.25, 0.3) is 0 Å². The van der Waals surface area contributed by atoms with E-state index in [-0.39, 0.29) is 5.92 Å². The first-order valence-electron chi connectivity index (χ1n) is 21.1. The molecule has 3 aliphatic carbocycles. The van der Waals surface area contributed by atoms with Gasteiger partial charge in [-0.25, -0.2) is 0 Å². The fourth-order valence-electron chi connectivity index (χ4n) is 10.7. The molecule has 0 radical (unpaired) electrons. The molecule has 9 aromatic rings. The first-order chi connectivity index (χ1) is 29.8. The lowest BCUT2D eigenvalue weighted by atomic mass is 9.70. The van der Waals surface area contributed by atoms with Crippen LogP contribution in [0.3, 0.4) is 0 Å². The Morgan fingerprint density at radius 3 is 1.63 bits per heavy atom. The molecule has 1 unspecified atom stereocenters. The Morgan fingerprint density at radius 1 is 0.433 bits per heavy atom. The summed E-state index contributed by atoms with van der Waals surface area (Å²) in [5.74, 6) is 0.210. The van der Waals surface area contributed by atoms with Crippen LogP contribution in [0.5, 0.6) is 0 Å². The van der Waals surface area contributed by atoms with Crippen molar-refractivity contribution in [3.8, 4) is 33.4 Å². The van der Waals surface area contributed by atoms with Crippen LogP contribution in [0.25, 0.3) is 49.7 Å². The predicted octanol–water partition coefficient (Wildman–Crippen LogP) is 15.1. The molecule has 0 heterocycles. The Bertz CT molecular complexity index is 3130. The normalized spacial score (nSPS) is 15.4. The molecule has 0 amide bonds. The van der Waals surface area contributed by atoms with Gasteiger partial charge in [0.05, 0.1) is 11.1 Å². The third kappa shape index (κ3) is 5.12. The van der Waals surface area contributed by atoms with Crippen molar-refractivity contribution in [3.63, 3.8) is 0 Å². The number of benzene rings is 9. The van der Waals surface area contributed by atoms with Crippen LogP contribution >= 0.6 is 0 Å². The Hall–Kier alpha value is -7.48. The average molecular weight is 764 g/mol. The van der Waals surface area contributed by atoms with E-state index in [0.717, 1.165) is 12.1 Å². The number of nitrogens with zero attached hydrogens (tertiary/aromatic N) is 1. The number of hydrogen-bond donors (Lipinski definition) is 0. The van der Waals surface area contributed by atoms with Crippen LogP contribution in [0.15, 0.2) is 236 Å². The van der Waals surface area contributed by atoms with Gasteiger partial charge in [-0.2, -0.15) is 0 Å². The molecule has 9 aromatic carbocycles. The summed E-state index contributed by atoms with van der Waals surface area (Å²) in [6.45, 7) is 0. The van der Waals surface area contributed by atoms with E-state index in [1.807, 2.05) is 0 Å². The minimum absolute atomic E-state index is 0.210. The summed E-state index contributed by atoms with van der Waals surface area (Å²) in [6, 6.07) is 81.1. The smallest absolute Gasteiger partial charge is 0.0725 e. The fraction of sp³-hybridized carbons (Fsp3) is 0.0508. The lowest BCUT2D eigenvalue weighted by molar-refractivity contribution is 0.791. The third-order valence-electron chi connectivity index (χ3n) is 13.3. The molecule has 1 spiro atoms. The summed E-state index contributed by atoms with van der Waals surface area (Å²) in [6.07, 6.45) is 5.63. The van der Waals surface area contributed by atoms with Gasteiger partial charge in [0, 0.05) is 28.4 Å². The monoisotopic (exact) mass is 763 g/mol. The van der Waals surface area contributed by atoms with Crippen LogP contribution in [-0.4, -0.2) is 0 Å². The Balaban J connectivity index is 1.17. The van der Waals surface area contributed by atoms with E-state index in [1.54, 1.807) is 0 Å². The second kappa shape index (κ2) is 13.8. The lowest BCUT2D eigenvalue weighted by Crippen LogP contribution is -2.26. The number of anilines is 2. The maximum Gasteiger partial charge on any atom is 0.0725 e. The van der Waals surface area contributed by atoms with Gasteiger partial charge in [-0.1, -0.05) is 212 Å². The van der Waals surface area contributed by atoms with E-state index in [0.29, 0.717) is 0 Å². The van der Waals surface area contributed by atoms with Crippen LogP contribution < -0.4 is 4.90 Å². The first kappa shape index (κ1) is 34.6. The second-order valence-corrected chi connectivity index (χ2v) is 16.3. The summed E-state index contributed by atoms with van der Waals surface area (Å²) < 4.78 is 0. The largest absolute Gasteiger partial charge is 0.313 e. The van der Waals surface area contributed by atoms with E-state index < -0.39 is 5.41 Å². The van der Waals surface area contributed by atoms with Gasteiger partial charge in [0.15, 0.2) is 0 Å². The molecule has 0 N–H and O–H groups in total. The van der Waals surface area contributed by atoms with E-state index in [4.69, 9.17) is 0 Å². The van der Waals surface area contributed by atoms with Gasteiger partial charge >= 0.3 is 0 Å². The summed E-state index contributed by atoms with van der Waals surface area (Å²) in [5.41, 5.74) is 20.1. The predicted molar refractivity (Wildman–Crippen MR) is 251 cm³/mol. The van der Waals surface area contributed by atoms with E-state index in [2.05, 4.69) is 235 Å². The Morgan fingerprint density at radius 2 is 0.967 bits per heavy atom. The molecule has 1 atom stereocenters. The zero-order valence-electron chi connectivity index (χ0n) is 33.2. The van der Waals surface area contributed by atoms with Crippen molar-refractivity contribution in [1.29, 1.82) is 0 Å². The molecule has 0 bridgehead atoms. The molecule has 282 valence electrons. The van der Waals surface area contributed by atoms with Crippen LogP contribution in [-0.2, 0) is 5.41 Å². The molecule has 0 saturated heterocycles. The summed E-state index contributed by atoms with van der Waals surface area (Å²) in [4.78, 5) is 2.61. The van der Waals surface area contributed by atoms with Crippen molar-refractivity contribution in [2.75, 3.05) is 4.90 Å². The van der Waals surface area contributed by atoms with Gasteiger partial charge < -0.3 is 4.90 Å². The van der Waals surface area contributed by atoms with Crippen molar-refractivity contribution < 1.29 is 0 Å². The summed E-state index contributed by atoms with van der Waals surface area (Å²) in [5, 5.41) is 2.47. The van der Waals surface area contributed by atoms with Gasteiger partial charge in [-0.05, 0) is 96.6 Å². The molecule has 60 heavy (non-hydrogen) atoms. The minimum Gasteiger partial charge on any atom is -0.313 e. The molecule has 0 aliphatic heterocycles. The van der Waals surface area contributed by atoms with E-state index >= 15 is 0 Å². The maximum atomic E-state index is 2.61. The first-order valence-corrected chi connectivity index (χ1v) is 21.1. The molecule has 1 nitrogen and oxygen atoms in total. The van der Waals surface area contributed by atoms with Crippen molar-refractivity contribution >= 4 is 27.7 Å². The highest BCUT2D eigenvalue weighted by molar-refractivity contribution is 6.06. The molecule has 1 heteroatoms. The Labute approximate surface area is 351 Å². The SMILES string of the molecule is C1=CC(c2ccccc2)CC(N(c2ccc3c(c2)-c2ccccc2C32c3ccccc3-c3ccccc32)c2ccc3ccccc3c2-c2ccccc2)=C1c1ccccc1. The van der Waals surface area contributed by atoms with Crippen molar-refractivity contribution in [1.82, 2.24) is 0 Å². The standard InChI is InChI=1S/C59H41N/c1-4-18-40(19-5-1)44-32-35-46(41-20-6-2-7-21-41)57(38-44)60(56-37-33-42-22-10-11-25-47(42)58(56)43-23-8-3-9-24-43)45-34-36-55-51(39-45)50-28-14-17-31-54(50)59(55)52-29-15-12-26-48(52)49-27-13-16-30-53(49)59/h1-37,39,44H,38H2. The minimum atomic E-state index is -0.402. The van der Waals surface area contributed by atoms with Gasteiger partial charge in [-0.3, -0.25) is 0 Å². The molecule has 0 fully saturated rings. The average Bonchev–Trinajstić information content (AvgIpc) is 3.79. The fourth-order valence-corrected chi connectivity index (χ4v) is 10.7. The quantitative estimate of drug-likeness (QED) is 0.163. The number of allylic oxidation sites excluding steroid dienone is 4. The number of fused-ring (bicyclic) bond motifs is 11. The molecular weight excluding hydrogens is 723 g/mol. The summed E-state index contributed by atoms with van der Waals surface area (Å²) in [7, 11) is 0. The van der Waals surface area contributed by atoms with Crippen LogP contribution in [0, 0.1) is 0 Å². The second-order valence-electron chi connectivity index (χ2n) is 16.3. The Kier molecular flexibility index (Phi) is 7.96. The zero-order chi connectivity index (χ0) is 39.6. The zero-order valence-corrected chi connectivity index (χ0v) is 33.2. The van der Waals surface area contributed by atoms with Gasteiger partial charge in [0.1, 0.15) is 0 Å². The van der Waals surface area contributed by atoms with Crippen molar-refractivity contribution in [2.24, 2.45) is 0 Å². The van der Waals surface area contributed by atoms with Gasteiger partial charge in [0.2, 0.25) is 0 Å². The highest BCUT2D eigenvalue weighted by Gasteiger charge is 2.51. The van der Waals surface area contributed by atoms with E-state index in [1.165, 1.54) is 94.5 Å². The topological polar surface area (TPSA) is 3.24 Å². The molecular formula is C59H41N. The number of rotatable bonds is 6.